The third-order valence-corrected chi connectivity index (χ3v) is 4.04. The van der Waals surface area contributed by atoms with Crippen LogP contribution in [0.4, 0.5) is 0 Å². The minimum absolute atomic E-state index is 0.163. The molecular weight excluding hydrogens is 282 g/mol. The number of nitrogens with zero attached hydrogens (tertiary/aromatic N) is 1. The molecule has 0 unspecified atom stereocenters. The zero-order chi connectivity index (χ0) is 15.9. The minimum atomic E-state index is 0.163. The lowest BCUT2D eigenvalue weighted by atomic mass is 10.1. The van der Waals surface area contributed by atoms with E-state index in [1.807, 2.05) is 17.0 Å². The molecule has 1 aromatic carbocycles. The number of likely N-dealkylation sites (tertiary alicyclic amines) is 1. The van der Waals surface area contributed by atoms with Crippen LogP contribution in [-0.2, 0) is 11.2 Å². The maximum atomic E-state index is 12.5. The van der Waals surface area contributed by atoms with Gasteiger partial charge >= 0.3 is 0 Å². The summed E-state index contributed by atoms with van der Waals surface area (Å²) in [6, 6.07) is 3.69. The van der Waals surface area contributed by atoms with Gasteiger partial charge in [-0.05, 0) is 30.5 Å². The number of carbonyl (C=O) groups is 1. The van der Waals surface area contributed by atoms with Crippen molar-refractivity contribution in [2.24, 2.45) is 0 Å². The Morgan fingerprint density at radius 2 is 1.50 bits per heavy atom. The lowest BCUT2D eigenvalue weighted by Crippen LogP contribution is -2.33. The van der Waals surface area contributed by atoms with Crippen LogP contribution in [-0.4, -0.2) is 45.2 Å². The summed E-state index contributed by atoms with van der Waals surface area (Å²) in [5.74, 6) is 1.88. The molecule has 1 fully saturated rings. The maximum absolute atomic E-state index is 12.5. The Bertz CT molecular complexity index is 482. The van der Waals surface area contributed by atoms with Gasteiger partial charge in [0.1, 0.15) is 0 Å². The Morgan fingerprint density at radius 3 is 1.95 bits per heavy atom. The molecule has 22 heavy (non-hydrogen) atoms. The molecule has 5 heteroatoms. The van der Waals surface area contributed by atoms with Crippen molar-refractivity contribution in [1.29, 1.82) is 0 Å². The number of hydrogen-bond acceptors (Lipinski definition) is 4. The summed E-state index contributed by atoms with van der Waals surface area (Å²) in [4.78, 5) is 14.5. The first-order chi connectivity index (χ1) is 10.7. The topological polar surface area (TPSA) is 48.0 Å². The van der Waals surface area contributed by atoms with Crippen LogP contribution in [0.15, 0.2) is 12.1 Å². The first kappa shape index (κ1) is 16.5. The molecule has 1 saturated heterocycles. The molecule has 2 rings (SSSR count). The van der Waals surface area contributed by atoms with Crippen molar-refractivity contribution in [3.8, 4) is 17.2 Å². The van der Waals surface area contributed by atoms with E-state index >= 15 is 0 Å². The second kappa shape index (κ2) is 7.92. The Labute approximate surface area is 132 Å². The quantitative estimate of drug-likeness (QED) is 0.839. The van der Waals surface area contributed by atoms with Crippen LogP contribution >= 0.6 is 0 Å². The Hall–Kier alpha value is -1.91. The average molecular weight is 307 g/mol. The second-order valence-electron chi connectivity index (χ2n) is 5.51. The highest BCUT2D eigenvalue weighted by Gasteiger charge is 2.19. The third kappa shape index (κ3) is 3.84. The number of rotatable bonds is 5. The molecule has 0 atom stereocenters. The fraction of sp³-hybridized carbons (Fsp3) is 0.588. The van der Waals surface area contributed by atoms with E-state index in [0.29, 0.717) is 23.7 Å². The van der Waals surface area contributed by atoms with E-state index in [2.05, 4.69) is 0 Å². The Morgan fingerprint density at radius 1 is 0.955 bits per heavy atom. The molecule has 1 amide bonds. The highest BCUT2D eigenvalue weighted by molar-refractivity contribution is 5.79. The largest absolute Gasteiger partial charge is 0.493 e. The zero-order valence-corrected chi connectivity index (χ0v) is 13.7. The number of ether oxygens (including phenoxy) is 3. The molecule has 122 valence electrons. The van der Waals surface area contributed by atoms with Gasteiger partial charge in [-0.2, -0.15) is 0 Å². The molecule has 0 bridgehead atoms. The van der Waals surface area contributed by atoms with Crippen LogP contribution in [0, 0.1) is 0 Å². The highest BCUT2D eigenvalue weighted by Crippen LogP contribution is 2.38. The van der Waals surface area contributed by atoms with Gasteiger partial charge in [0.05, 0.1) is 27.8 Å². The molecule has 1 aliphatic heterocycles. The van der Waals surface area contributed by atoms with Gasteiger partial charge in [0.25, 0.3) is 0 Å². The van der Waals surface area contributed by atoms with Crippen LogP contribution < -0.4 is 14.2 Å². The van der Waals surface area contributed by atoms with Crippen LogP contribution in [0.1, 0.15) is 31.2 Å². The van der Waals surface area contributed by atoms with Gasteiger partial charge < -0.3 is 19.1 Å². The molecule has 1 aromatic rings. The van der Waals surface area contributed by atoms with E-state index in [0.717, 1.165) is 31.5 Å². The summed E-state index contributed by atoms with van der Waals surface area (Å²) in [5, 5.41) is 0. The van der Waals surface area contributed by atoms with Crippen LogP contribution in [0.25, 0.3) is 0 Å². The lowest BCUT2D eigenvalue weighted by molar-refractivity contribution is -0.130. The Kier molecular flexibility index (Phi) is 5.92. The monoisotopic (exact) mass is 307 g/mol. The van der Waals surface area contributed by atoms with Crippen molar-refractivity contribution >= 4 is 5.91 Å². The predicted molar refractivity (Wildman–Crippen MR) is 84.9 cm³/mol. The Balaban J connectivity index is 2.16. The molecule has 0 saturated carbocycles. The van der Waals surface area contributed by atoms with Gasteiger partial charge in [-0.15, -0.1) is 0 Å². The molecule has 1 heterocycles. The van der Waals surface area contributed by atoms with Crippen molar-refractivity contribution in [3.05, 3.63) is 17.7 Å². The molecule has 0 N–H and O–H groups in total. The smallest absolute Gasteiger partial charge is 0.226 e. The molecule has 0 spiro atoms. The van der Waals surface area contributed by atoms with Crippen molar-refractivity contribution in [2.75, 3.05) is 34.4 Å². The predicted octanol–water partition coefficient (Wildman–Crippen LogP) is 2.66. The van der Waals surface area contributed by atoms with Crippen molar-refractivity contribution in [1.82, 2.24) is 4.90 Å². The molecule has 1 aliphatic rings. The molecule has 0 aliphatic carbocycles. The minimum Gasteiger partial charge on any atom is -0.493 e. The number of carbonyl (C=O) groups excluding carboxylic acids is 1. The number of methoxy groups -OCH3 is 3. The van der Waals surface area contributed by atoms with Gasteiger partial charge in [-0.3, -0.25) is 4.79 Å². The van der Waals surface area contributed by atoms with Crippen molar-refractivity contribution in [3.63, 3.8) is 0 Å². The van der Waals surface area contributed by atoms with E-state index in [1.54, 1.807) is 21.3 Å². The van der Waals surface area contributed by atoms with E-state index in [-0.39, 0.29) is 5.91 Å². The summed E-state index contributed by atoms with van der Waals surface area (Å²) >= 11 is 0. The van der Waals surface area contributed by atoms with Gasteiger partial charge in [-0.1, -0.05) is 12.8 Å². The summed E-state index contributed by atoms with van der Waals surface area (Å²) in [6.45, 7) is 1.73. The summed E-state index contributed by atoms with van der Waals surface area (Å²) < 4.78 is 16.0. The first-order valence-electron chi connectivity index (χ1n) is 7.76. The SMILES string of the molecule is COc1cc(CC(=O)N2CCCCCC2)cc(OC)c1OC. The van der Waals surface area contributed by atoms with E-state index in [1.165, 1.54) is 12.8 Å². The molecular formula is C17H25NO4. The van der Waals surface area contributed by atoms with E-state index in [9.17, 15) is 4.79 Å². The average Bonchev–Trinajstić information content (AvgIpc) is 2.83. The fourth-order valence-corrected chi connectivity index (χ4v) is 2.84. The maximum Gasteiger partial charge on any atom is 0.226 e. The van der Waals surface area contributed by atoms with Crippen LogP contribution in [0.2, 0.25) is 0 Å². The number of benzene rings is 1. The normalized spacial score (nSPS) is 15.1. The third-order valence-electron chi connectivity index (χ3n) is 4.04. The summed E-state index contributed by atoms with van der Waals surface area (Å²) in [6.07, 6.45) is 4.99. The zero-order valence-electron chi connectivity index (χ0n) is 13.7. The van der Waals surface area contributed by atoms with E-state index in [4.69, 9.17) is 14.2 Å². The fourth-order valence-electron chi connectivity index (χ4n) is 2.84. The van der Waals surface area contributed by atoms with Gasteiger partial charge in [0.2, 0.25) is 11.7 Å². The summed E-state index contributed by atoms with van der Waals surface area (Å²) in [7, 11) is 4.73. The highest BCUT2D eigenvalue weighted by atomic mass is 16.5. The second-order valence-corrected chi connectivity index (χ2v) is 5.51. The lowest BCUT2D eigenvalue weighted by Gasteiger charge is -2.21. The molecule has 5 nitrogen and oxygen atoms in total. The van der Waals surface area contributed by atoms with E-state index < -0.39 is 0 Å². The van der Waals surface area contributed by atoms with Gasteiger partial charge in [0, 0.05) is 13.1 Å². The first-order valence-corrected chi connectivity index (χ1v) is 7.76. The number of hydrogen-bond donors (Lipinski definition) is 0. The standard InChI is InChI=1S/C17H25NO4/c1-20-14-10-13(11-15(21-2)17(14)22-3)12-16(19)18-8-6-4-5-7-9-18/h10-11H,4-9,12H2,1-3H3. The van der Waals surface area contributed by atoms with Gasteiger partial charge in [0.15, 0.2) is 11.5 Å². The van der Waals surface area contributed by atoms with Gasteiger partial charge in [-0.25, -0.2) is 0 Å². The van der Waals surface area contributed by atoms with Crippen LogP contribution in [0.5, 0.6) is 17.2 Å². The van der Waals surface area contributed by atoms with Crippen molar-refractivity contribution in [2.45, 2.75) is 32.1 Å². The van der Waals surface area contributed by atoms with Crippen LogP contribution in [0.3, 0.4) is 0 Å². The summed E-state index contributed by atoms with van der Waals surface area (Å²) in [5.41, 5.74) is 0.878. The number of amides is 1. The molecule has 0 radical (unpaired) electrons. The van der Waals surface area contributed by atoms with Crippen molar-refractivity contribution < 1.29 is 19.0 Å². The molecule has 0 aromatic heterocycles.